The molecule has 0 radical (unpaired) electrons. The number of piperidine rings is 1. The number of aromatic nitrogens is 1. The van der Waals surface area contributed by atoms with Crippen molar-refractivity contribution in [1.82, 2.24) is 15.2 Å². The van der Waals surface area contributed by atoms with Crippen molar-refractivity contribution in [2.24, 2.45) is 0 Å². The van der Waals surface area contributed by atoms with Crippen molar-refractivity contribution in [1.29, 1.82) is 0 Å². The molecule has 152 valence electrons. The Labute approximate surface area is 175 Å². The number of nitrogens with one attached hydrogen (secondary N) is 3. The Hall–Kier alpha value is -3.72. The fraction of sp³-hybridized carbons (Fsp3) is 0.250. The molecule has 0 unspecified atom stereocenters. The largest absolute Gasteiger partial charge is 0.361 e. The second kappa shape index (κ2) is 8.75. The SMILES string of the molecule is C#Cc1cccc(NC(=O)CNC(=O)N2CCC(c3c[nH]c4ccccc34)CC2)c1. The van der Waals surface area contributed by atoms with E-state index in [2.05, 4.69) is 45.9 Å². The highest BCUT2D eigenvalue weighted by Crippen LogP contribution is 2.33. The number of terminal acetylenes is 1. The van der Waals surface area contributed by atoms with Crippen molar-refractivity contribution < 1.29 is 9.59 Å². The fourth-order valence-corrected chi connectivity index (χ4v) is 3.98. The average Bonchev–Trinajstić information content (AvgIpc) is 3.22. The predicted molar refractivity (Wildman–Crippen MR) is 118 cm³/mol. The third-order valence-electron chi connectivity index (χ3n) is 5.56. The highest BCUT2D eigenvalue weighted by Gasteiger charge is 2.25. The van der Waals surface area contributed by atoms with Crippen LogP contribution in [0.25, 0.3) is 10.9 Å². The van der Waals surface area contributed by atoms with Gasteiger partial charge in [-0.05, 0) is 48.6 Å². The van der Waals surface area contributed by atoms with Crippen LogP contribution in [0.15, 0.2) is 54.7 Å². The number of likely N-dealkylation sites (tertiary alicyclic amines) is 1. The number of benzene rings is 2. The highest BCUT2D eigenvalue weighted by molar-refractivity contribution is 5.94. The molecule has 0 spiro atoms. The van der Waals surface area contributed by atoms with Crippen molar-refractivity contribution in [3.63, 3.8) is 0 Å². The summed E-state index contributed by atoms with van der Waals surface area (Å²) in [6.45, 7) is 1.26. The van der Waals surface area contributed by atoms with E-state index in [4.69, 9.17) is 6.42 Å². The van der Waals surface area contributed by atoms with Gasteiger partial charge in [0.1, 0.15) is 0 Å². The van der Waals surface area contributed by atoms with Gasteiger partial charge in [0, 0.05) is 41.4 Å². The molecule has 0 atom stereocenters. The molecule has 2 heterocycles. The van der Waals surface area contributed by atoms with Crippen LogP contribution in [0.3, 0.4) is 0 Å². The summed E-state index contributed by atoms with van der Waals surface area (Å²) in [6.07, 6.45) is 9.27. The Morgan fingerprint density at radius 2 is 1.93 bits per heavy atom. The van der Waals surface area contributed by atoms with Crippen LogP contribution in [0.1, 0.15) is 29.9 Å². The summed E-state index contributed by atoms with van der Waals surface area (Å²) in [7, 11) is 0. The summed E-state index contributed by atoms with van der Waals surface area (Å²) in [4.78, 5) is 29.7. The standard InChI is InChI=1S/C24H24N4O2/c1-2-17-6-5-7-19(14-17)27-23(29)16-26-24(30)28-12-10-18(11-13-28)21-15-25-22-9-4-3-8-20(21)22/h1,3-9,14-15,18,25H,10-13,16H2,(H,26,30)(H,27,29). The number of urea groups is 1. The van der Waals surface area contributed by atoms with Gasteiger partial charge in [0.2, 0.25) is 5.91 Å². The van der Waals surface area contributed by atoms with Crippen LogP contribution in [-0.2, 0) is 4.79 Å². The normalized spacial score (nSPS) is 14.3. The summed E-state index contributed by atoms with van der Waals surface area (Å²) in [5.74, 6) is 2.67. The first-order chi connectivity index (χ1) is 14.6. The molecular formula is C24H24N4O2. The lowest BCUT2D eigenvalue weighted by Gasteiger charge is -2.32. The van der Waals surface area contributed by atoms with Crippen molar-refractivity contribution in [2.75, 3.05) is 25.0 Å². The molecule has 30 heavy (non-hydrogen) atoms. The minimum absolute atomic E-state index is 0.0819. The maximum atomic E-state index is 12.5. The number of para-hydroxylation sites is 1. The minimum atomic E-state index is -0.286. The van der Waals surface area contributed by atoms with E-state index < -0.39 is 0 Å². The topological polar surface area (TPSA) is 77.2 Å². The highest BCUT2D eigenvalue weighted by atomic mass is 16.2. The van der Waals surface area contributed by atoms with Gasteiger partial charge in [0.15, 0.2) is 0 Å². The number of fused-ring (bicyclic) bond motifs is 1. The molecule has 1 aliphatic heterocycles. The molecule has 6 nitrogen and oxygen atoms in total. The molecule has 0 saturated carbocycles. The van der Waals surface area contributed by atoms with Gasteiger partial charge in [-0.25, -0.2) is 4.79 Å². The molecule has 6 heteroatoms. The first-order valence-electron chi connectivity index (χ1n) is 10.1. The molecule has 3 N–H and O–H groups in total. The van der Waals surface area contributed by atoms with Crippen LogP contribution in [0.2, 0.25) is 0 Å². The zero-order chi connectivity index (χ0) is 20.9. The number of carbonyl (C=O) groups is 2. The molecular weight excluding hydrogens is 376 g/mol. The Morgan fingerprint density at radius 3 is 2.73 bits per heavy atom. The summed E-state index contributed by atoms with van der Waals surface area (Å²) in [5, 5.41) is 6.71. The number of hydrogen-bond donors (Lipinski definition) is 3. The Balaban J connectivity index is 1.26. The number of amides is 3. The van der Waals surface area contributed by atoms with Crippen molar-refractivity contribution >= 4 is 28.5 Å². The van der Waals surface area contributed by atoms with Gasteiger partial charge in [-0.1, -0.05) is 30.2 Å². The minimum Gasteiger partial charge on any atom is -0.361 e. The number of H-pyrrole nitrogens is 1. The maximum absolute atomic E-state index is 12.5. The predicted octanol–water partition coefficient (Wildman–Crippen LogP) is 3.68. The molecule has 1 fully saturated rings. The van der Waals surface area contributed by atoms with E-state index in [0.29, 0.717) is 30.3 Å². The van der Waals surface area contributed by atoms with E-state index in [1.807, 2.05) is 6.07 Å². The van der Waals surface area contributed by atoms with E-state index in [1.54, 1.807) is 29.2 Å². The zero-order valence-corrected chi connectivity index (χ0v) is 16.7. The van der Waals surface area contributed by atoms with Gasteiger partial charge in [-0.3, -0.25) is 4.79 Å². The summed E-state index contributed by atoms with van der Waals surface area (Å²) < 4.78 is 0. The van der Waals surface area contributed by atoms with Crippen LogP contribution in [0.5, 0.6) is 0 Å². The zero-order valence-electron chi connectivity index (χ0n) is 16.7. The van der Waals surface area contributed by atoms with Crippen molar-refractivity contribution in [3.8, 4) is 12.3 Å². The smallest absolute Gasteiger partial charge is 0.317 e. The first-order valence-corrected chi connectivity index (χ1v) is 10.1. The molecule has 3 aromatic rings. The van der Waals surface area contributed by atoms with Gasteiger partial charge in [0.05, 0.1) is 6.54 Å². The molecule has 2 aromatic carbocycles. The third-order valence-corrected chi connectivity index (χ3v) is 5.56. The van der Waals surface area contributed by atoms with Crippen LogP contribution in [0, 0.1) is 12.3 Å². The molecule has 0 aliphatic carbocycles. The third kappa shape index (κ3) is 4.31. The van der Waals surface area contributed by atoms with Crippen LogP contribution < -0.4 is 10.6 Å². The monoisotopic (exact) mass is 400 g/mol. The van der Waals surface area contributed by atoms with E-state index in [0.717, 1.165) is 18.4 Å². The number of carbonyl (C=O) groups excluding carboxylic acids is 2. The molecule has 1 aromatic heterocycles. The van der Waals surface area contributed by atoms with Gasteiger partial charge >= 0.3 is 6.03 Å². The molecule has 0 bridgehead atoms. The van der Waals surface area contributed by atoms with Crippen LogP contribution in [-0.4, -0.2) is 41.5 Å². The number of rotatable bonds is 4. The Kier molecular flexibility index (Phi) is 5.71. The summed E-state index contributed by atoms with van der Waals surface area (Å²) in [6, 6.07) is 15.1. The molecule has 4 rings (SSSR count). The quantitative estimate of drug-likeness (QED) is 0.585. The van der Waals surface area contributed by atoms with Crippen molar-refractivity contribution in [2.45, 2.75) is 18.8 Å². The second-order valence-corrected chi connectivity index (χ2v) is 7.48. The van der Waals surface area contributed by atoms with E-state index >= 15 is 0 Å². The number of nitrogens with zero attached hydrogens (tertiary/aromatic N) is 1. The lowest BCUT2D eigenvalue weighted by molar-refractivity contribution is -0.115. The lowest BCUT2D eigenvalue weighted by Crippen LogP contribution is -2.46. The maximum Gasteiger partial charge on any atom is 0.317 e. The molecule has 3 amide bonds. The lowest BCUT2D eigenvalue weighted by atomic mass is 9.89. The second-order valence-electron chi connectivity index (χ2n) is 7.48. The summed E-state index contributed by atoms with van der Waals surface area (Å²) in [5.41, 5.74) is 3.77. The van der Waals surface area contributed by atoms with E-state index in [-0.39, 0.29) is 18.5 Å². The van der Waals surface area contributed by atoms with E-state index in [1.165, 1.54) is 10.9 Å². The van der Waals surface area contributed by atoms with Gasteiger partial charge in [-0.2, -0.15) is 0 Å². The number of aromatic amines is 1. The number of anilines is 1. The summed E-state index contributed by atoms with van der Waals surface area (Å²) >= 11 is 0. The van der Waals surface area contributed by atoms with Crippen LogP contribution >= 0.6 is 0 Å². The van der Waals surface area contributed by atoms with Crippen LogP contribution in [0.4, 0.5) is 10.5 Å². The van der Waals surface area contributed by atoms with E-state index in [9.17, 15) is 9.59 Å². The number of hydrogen-bond acceptors (Lipinski definition) is 2. The van der Waals surface area contributed by atoms with Gasteiger partial charge in [0.25, 0.3) is 0 Å². The Bertz CT molecular complexity index is 1100. The van der Waals surface area contributed by atoms with Gasteiger partial charge in [-0.15, -0.1) is 6.42 Å². The van der Waals surface area contributed by atoms with Gasteiger partial charge < -0.3 is 20.5 Å². The molecule has 1 saturated heterocycles. The van der Waals surface area contributed by atoms with Crippen molar-refractivity contribution in [3.05, 3.63) is 65.9 Å². The average molecular weight is 400 g/mol. The first kappa shape index (κ1) is 19.6. The molecule has 1 aliphatic rings. The fourth-order valence-electron chi connectivity index (χ4n) is 3.98. The Morgan fingerprint density at radius 1 is 1.13 bits per heavy atom.